The Labute approximate surface area is 154 Å². The molecule has 2 amide bonds. The SMILES string of the molecule is Cc1sc(-n2cccc2)c(C(=O)Nc2ccc3c(c2)NC(=O)CO3)c1C. The molecule has 3 heterocycles. The molecule has 0 saturated carbocycles. The second-order valence-corrected chi connectivity index (χ2v) is 7.26. The van der Waals surface area contributed by atoms with Crippen LogP contribution in [0, 0.1) is 13.8 Å². The summed E-state index contributed by atoms with van der Waals surface area (Å²) in [6, 6.07) is 9.06. The zero-order valence-corrected chi connectivity index (χ0v) is 15.1. The smallest absolute Gasteiger partial charge is 0.262 e. The number of rotatable bonds is 3. The van der Waals surface area contributed by atoms with E-state index < -0.39 is 0 Å². The number of aryl methyl sites for hydroxylation is 1. The second-order valence-electron chi connectivity index (χ2n) is 6.06. The topological polar surface area (TPSA) is 72.4 Å². The maximum absolute atomic E-state index is 13.0. The van der Waals surface area contributed by atoms with Crippen molar-refractivity contribution >= 4 is 34.5 Å². The van der Waals surface area contributed by atoms with Gasteiger partial charge in [0.15, 0.2) is 6.61 Å². The fraction of sp³-hybridized carbons (Fsp3) is 0.158. The first kappa shape index (κ1) is 16.4. The third kappa shape index (κ3) is 2.86. The van der Waals surface area contributed by atoms with Crippen LogP contribution in [0.3, 0.4) is 0 Å². The molecule has 0 unspecified atom stereocenters. The summed E-state index contributed by atoms with van der Waals surface area (Å²) in [7, 11) is 0. The number of ether oxygens (including phenoxy) is 1. The molecule has 0 bridgehead atoms. The number of hydrogen-bond acceptors (Lipinski definition) is 4. The number of aromatic nitrogens is 1. The first-order valence-corrected chi connectivity index (χ1v) is 8.96. The molecule has 1 aliphatic rings. The normalized spacial score (nSPS) is 12.9. The molecule has 7 heteroatoms. The number of carbonyl (C=O) groups is 2. The average Bonchev–Trinajstić information content (AvgIpc) is 3.23. The van der Waals surface area contributed by atoms with E-state index in [0.717, 1.165) is 15.4 Å². The molecule has 4 rings (SSSR count). The number of amides is 2. The van der Waals surface area contributed by atoms with Crippen LogP contribution < -0.4 is 15.4 Å². The number of benzene rings is 1. The highest BCUT2D eigenvalue weighted by molar-refractivity contribution is 7.15. The molecule has 1 aliphatic heterocycles. The van der Waals surface area contributed by atoms with E-state index in [1.54, 1.807) is 29.5 Å². The maximum atomic E-state index is 13.0. The van der Waals surface area contributed by atoms with Gasteiger partial charge in [-0.05, 0) is 49.7 Å². The van der Waals surface area contributed by atoms with Crippen molar-refractivity contribution in [3.63, 3.8) is 0 Å². The lowest BCUT2D eigenvalue weighted by molar-refractivity contribution is -0.118. The van der Waals surface area contributed by atoms with Gasteiger partial charge in [-0.1, -0.05) is 0 Å². The minimum atomic E-state index is -0.208. The largest absolute Gasteiger partial charge is 0.482 e. The van der Waals surface area contributed by atoms with Crippen molar-refractivity contribution in [1.82, 2.24) is 4.57 Å². The van der Waals surface area contributed by atoms with Crippen molar-refractivity contribution < 1.29 is 14.3 Å². The Hall–Kier alpha value is -3.06. The summed E-state index contributed by atoms with van der Waals surface area (Å²) in [5.41, 5.74) is 2.77. The van der Waals surface area contributed by atoms with E-state index >= 15 is 0 Å². The standard InChI is InChI=1S/C19H17N3O3S/c1-11-12(2)26-19(22-7-3-4-8-22)17(11)18(24)20-13-5-6-15-14(9-13)21-16(23)10-25-15/h3-9H,10H2,1-2H3,(H,20,24)(H,21,23). The van der Waals surface area contributed by atoms with Gasteiger partial charge in [0.2, 0.25) is 0 Å². The molecule has 0 saturated heterocycles. The quantitative estimate of drug-likeness (QED) is 0.741. The van der Waals surface area contributed by atoms with Crippen molar-refractivity contribution in [2.24, 2.45) is 0 Å². The second kappa shape index (κ2) is 6.34. The fourth-order valence-electron chi connectivity index (χ4n) is 2.88. The summed E-state index contributed by atoms with van der Waals surface area (Å²) in [6.45, 7) is 3.97. The van der Waals surface area contributed by atoms with Gasteiger partial charge < -0.3 is 19.9 Å². The molecule has 2 N–H and O–H groups in total. The van der Waals surface area contributed by atoms with Crippen LogP contribution in [0.1, 0.15) is 20.8 Å². The highest BCUT2D eigenvalue weighted by atomic mass is 32.1. The summed E-state index contributed by atoms with van der Waals surface area (Å²) in [5, 5.41) is 6.56. The molecule has 26 heavy (non-hydrogen) atoms. The van der Waals surface area contributed by atoms with Gasteiger partial charge in [0.05, 0.1) is 11.3 Å². The van der Waals surface area contributed by atoms with Crippen molar-refractivity contribution in [2.75, 3.05) is 17.2 Å². The predicted octanol–water partition coefficient (Wildman–Crippen LogP) is 3.74. The third-order valence-corrected chi connectivity index (χ3v) is 5.52. The maximum Gasteiger partial charge on any atom is 0.262 e. The van der Waals surface area contributed by atoms with E-state index in [0.29, 0.717) is 22.7 Å². The van der Waals surface area contributed by atoms with Crippen LogP contribution in [0.4, 0.5) is 11.4 Å². The molecule has 0 spiro atoms. The zero-order chi connectivity index (χ0) is 18.3. The molecule has 132 valence electrons. The lowest BCUT2D eigenvalue weighted by atomic mass is 10.1. The van der Waals surface area contributed by atoms with Gasteiger partial charge >= 0.3 is 0 Å². The van der Waals surface area contributed by atoms with Gasteiger partial charge in [-0.25, -0.2) is 0 Å². The highest BCUT2D eigenvalue weighted by Crippen LogP contribution is 2.33. The summed E-state index contributed by atoms with van der Waals surface area (Å²) in [4.78, 5) is 25.5. The summed E-state index contributed by atoms with van der Waals surface area (Å²) in [6.07, 6.45) is 3.85. The van der Waals surface area contributed by atoms with Crippen molar-refractivity contribution in [2.45, 2.75) is 13.8 Å². The molecule has 6 nitrogen and oxygen atoms in total. The van der Waals surface area contributed by atoms with Crippen LogP contribution in [0.2, 0.25) is 0 Å². The van der Waals surface area contributed by atoms with E-state index in [-0.39, 0.29) is 18.4 Å². The zero-order valence-electron chi connectivity index (χ0n) is 14.3. The van der Waals surface area contributed by atoms with Crippen LogP contribution in [0.25, 0.3) is 5.00 Å². The third-order valence-electron chi connectivity index (χ3n) is 4.30. The first-order valence-electron chi connectivity index (χ1n) is 8.14. The Morgan fingerprint density at radius 2 is 2.04 bits per heavy atom. The van der Waals surface area contributed by atoms with E-state index in [1.807, 2.05) is 42.9 Å². The van der Waals surface area contributed by atoms with Gasteiger partial charge in [-0.2, -0.15) is 0 Å². The predicted molar refractivity (Wildman–Crippen MR) is 102 cm³/mol. The molecular formula is C19H17N3O3S. The number of carbonyl (C=O) groups excluding carboxylic acids is 2. The Kier molecular flexibility index (Phi) is 4.00. The molecule has 0 radical (unpaired) electrons. The van der Waals surface area contributed by atoms with Gasteiger partial charge in [0, 0.05) is 23.0 Å². The van der Waals surface area contributed by atoms with Crippen LogP contribution >= 0.6 is 11.3 Å². The summed E-state index contributed by atoms with van der Waals surface area (Å²) in [5.74, 6) is 0.205. The van der Waals surface area contributed by atoms with Crippen LogP contribution in [-0.2, 0) is 4.79 Å². The Morgan fingerprint density at radius 3 is 2.81 bits per heavy atom. The molecular weight excluding hydrogens is 350 g/mol. The molecule has 2 aromatic heterocycles. The van der Waals surface area contributed by atoms with Gasteiger partial charge in [-0.15, -0.1) is 11.3 Å². The number of nitrogens with zero attached hydrogens (tertiary/aromatic N) is 1. The van der Waals surface area contributed by atoms with Gasteiger partial charge in [-0.3, -0.25) is 9.59 Å². The van der Waals surface area contributed by atoms with E-state index in [1.165, 1.54) is 0 Å². The molecule has 1 aromatic carbocycles. The number of nitrogens with one attached hydrogen (secondary N) is 2. The lowest BCUT2D eigenvalue weighted by Gasteiger charge is -2.18. The average molecular weight is 367 g/mol. The highest BCUT2D eigenvalue weighted by Gasteiger charge is 2.22. The summed E-state index contributed by atoms with van der Waals surface area (Å²) < 4.78 is 7.29. The number of hydrogen-bond donors (Lipinski definition) is 2. The molecule has 0 fully saturated rings. The summed E-state index contributed by atoms with van der Waals surface area (Å²) >= 11 is 1.59. The van der Waals surface area contributed by atoms with E-state index in [9.17, 15) is 9.59 Å². The lowest BCUT2D eigenvalue weighted by Crippen LogP contribution is -2.25. The molecule has 0 atom stereocenters. The van der Waals surface area contributed by atoms with E-state index in [2.05, 4.69) is 10.6 Å². The Balaban J connectivity index is 1.66. The number of fused-ring (bicyclic) bond motifs is 1. The van der Waals surface area contributed by atoms with Gasteiger partial charge in [0.25, 0.3) is 11.8 Å². The van der Waals surface area contributed by atoms with Crippen molar-refractivity contribution in [3.8, 4) is 10.8 Å². The number of thiophene rings is 1. The Bertz CT molecular complexity index is 1010. The van der Waals surface area contributed by atoms with E-state index in [4.69, 9.17) is 4.74 Å². The fourth-order valence-corrected chi connectivity index (χ4v) is 4.00. The van der Waals surface area contributed by atoms with Crippen LogP contribution in [-0.4, -0.2) is 23.0 Å². The van der Waals surface area contributed by atoms with Crippen LogP contribution in [0.5, 0.6) is 5.75 Å². The van der Waals surface area contributed by atoms with Crippen molar-refractivity contribution in [1.29, 1.82) is 0 Å². The molecule has 3 aromatic rings. The minimum Gasteiger partial charge on any atom is -0.482 e. The monoisotopic (exact) mass is 367 g/mol. The Morgan fingerprint density at radius 1 is 1.27 bits per heavy atom. The number of anilines is 2. The molecule has 0 aliphatic carbocycles. The van der Waals surface area contributed by atoms with Crippen molar-refractivity contribution in [3.05, 3.63) is 58.7 Å². The first-order chi connectivity index (χ1) is 12.5. The van der Waals surface area contributed by atoms with Gasteiger partial charge in [0.1, 0.15) is 10.8 Å². The minimum absolute atomic E-state index is 0.00626. The van der Waals surface area contributed by atoms with Crippen LogP contribution in [0.15, 0.2) is 42.7 Å².